The summed E-state index contributed by atoms with van der Waals surface area (Å²) in [5.41, 5.74) is 1.16. The summed E-state index contributed by atoms with van der Waals surface area (Å²) in [5, 5.41) is 0. The fraction of sp³-hybridized carbons (Fsp3) is 0.409. The average Bonchev–Trinajstić information content (AvgIpc) is 2.74. The van der Waals surface area contributed by atoms with Crippen LogP contribution < -0.4 is 4.31 Å². The molecular weight excluding hydrogens is 404 g/mol. The van der Waals surface area contributed by atoms with Gasteiger partial charge in [-0.15, -0.1) is 11.8 Å². The van der Waals surface area contributed by atoms with Gasteiger partial charge in [-0.05, 0) is 80.5 Å². The molecule has 0 bridgehead atoms. The number of amides is 1. The summed E-state index contributed by atoms with van der Waals surface area (Å²) in [5.74, 6) is 0.534. The Labute approximate surface area is 178 Å². The molecule has 1 unspecified atom stereocenters. The highest BCUT2D eigenvalue weighted by atomic mass is 32.2. The third kappa shape index (κ3) is 4.78. The van der Waals surface area contributed by atoms with Crippen molar-refractivity contribution >= 4 is 33.4 Å². The number of benzene rings is 2. The van der Waals surface area contributed by atoms with Crippen molar-refractivity contribution in [3.05, 3.63) is 54.1 Å². The number of nitrogens with zero attached hydrogens (tertiary/aromatic N) is 2. The summed E-state index contributed by atoms with van der Waals surface area (Å²) in [4.78, 5) is 15.9. The van der Waals surface area contributed by atoms with E-state index >= 15 is 0 Å². The summed E-state index contributed by atoms with van der Waals surface area (Å²) >= 11 is 1.57. The molecule has 0 aromatic heterocycles. The Balaban J connectivity index is 1.81. The van der Waals surface area contributed by atoms with Crippen LogP contribution in [0.5, 0.6) is 0 Å². The van der Waals surface area contributed by atoms with Crippen molar-refractivity contribution in [1.82, 2.24) is 4.90 Å². The van der Waals surface area contributed by atoms with Crippen LogP contribution in [0.4, 0.5) is 5.69 Å². The van der Waals surface area contributed by atoms with Crippen molar-refractivity contribution in [3.63, 3.8) is 0 Å². The molecule has 2 aromatic rings. The second kappa shape index (κ2) is 9.22. The first-order valence-electron chi connectivity index (χ1n) is 9.93. The Morgan fingerprint density at radius 3 is 2.34 bits per heavy atom. The molecule has 29 heavy (non-hydrogen) atoms. The van der Waals surface area contributed by atoms with E-state index in [1.54, 1.807) is 48.2 Å². The molecule has 156 valence electrons. The van der Waals surface area contributed by atoms with E-state index in [2.05, 4.69) is 6.92 Å². The second-order valence-corrected chi connectivity index (χ2v) is 10.1. The Morgan fingerprint density at radius 1 is 1.14 bits per heavy atom. The molecule has 3 rings (SSSR count). The highest BCUT2D eigenvalue weighted by Gasteiger charge is 2.25. The summed E-state index contributed by atoms with van der Waals surface area (Å²) in [6.07, 6.45) is 4.14. The van der Waals surface area contributed by atoms with Crippen molar-refractivity contribution in [2.45, 2.75) is 36.5 Å². The van der Waals surface area contributed by atoms with Crippen LogP contribution in [0.3, 0.4) is 0 Å². The lowest BCUT2D eigenvalue weighted by molar-refractivity contribution is 0.0683. The fourth-order valence-corrected chi connectivity index (χ4v) is 5.57. The molecule has 0 spiro atoms. The summed E-state index contributed by atoms with van der Waals surface area (Å²) < 4.78 is 27.6. The molecule has 0 radical (unpaired) electrons. The first-order valence-corrected chi connectivity index (χ1v) is 12.6. The van der Waals surface area contributed by atoms with Crippen LogP contribution in [0.1, 0.15) is 37.0 Å². The van der Waals surface area contributed by atoms with Crippen molar-refractivity contribution in [2.75, 3.05) is 30.2 Å². The van der Waals surface area contributed by atoms with Gasteiger partial charge in [-0.25, -0.2) is 8.42 Å². The normalized spacial score (nSPS) is 17.2. The maximum Gasteiger partial charge on any atom is 0.264 e. The van der Waals surface area contributed by atoms with Gasteiger partial charge in [0.2, 0.25) is 0 Å². The second-order valence-electron chi connectivity index (χ2n) is 7.39. The Morgan fingerprint density at radius 2 is 1.79 bits per heavy atom. The predicted molar refractivity (Wildman–Crippen MR) is 119 cm³/mol. The molecule has 5 nitrogen and oxygen atoms in total. The number of sulfonamides is 1. The van der Waals surface area contributed by atoms with Gasteiger partial charge in [0.15, 0.2) is 0 Å². The largest absolute Gasteiger partial charge is 0.338 e. The van der Waals surface area contributed by atoms with Crippen molar-refractivity contribution in [1.29, 1.82) is 0 Å². The number of anilines is 1. The first-order chi connectivity index (χ1) is 13.9. The maximum atomic E-state index is 13.1. The average molecular weight is 433 g/mol. The quantitative estimate of drug-likeness (QED) is 0.631. The number of hydrogen-bond acceptors (Lipinski definition) is 4. The van der Waals surface area contributed by atoms with Gasteiger partial charge in [0.25, 0.3) is 15.9 Å². The Bertz CT molecular complexity index is 941. The van der Waals surface area contributed by atoms with Crippen molar-refractivity contribution in [3.8, 4) is 0 Å². The monoisotopic (exact) mass is 432 g/mol. The van der Waals surface area contributed by atoms with E-state index in [1.165, 1.54) is 4.31 Å². The van der Waals surface area contributed by atoms with Crippen LogP contribution in [0.25, 0.3) is 0 Å². The third-order valence-electron chi connectivity index (χ3n) is 5.28. The topological polar surface area (TPSA) is 57.7 Å². The van der Waals surface area contributed by atoms with Crippen LogP contribution >= 0.6 is 11.8 Å². The molecule has 1 fully saturated rings. The number of piperidine rings is 1. The van der Waals surface area contributed by atoms with Crippen LogP contribution in [0.15, 0.2) is 58.3 Å². The Hall–Kier alpha value is -1.99. The molecule has 1 heterocycles. The molecule has 0 aliphatic carbocycles. The van der Waals surface area contributed by atoms with Crippen LogP contribution in [0, 0.1) is 5.92 Å². The van der Waals surface area contributed by atoms with Gasteiger partial charge in [-0.1, -0.05) is 6.92 Å². The molecule has 2 aromatic carbocycles. The minimum Gasteiger partial charge on any atom is -0.338 e. The van der Waals surface area contributed by atoms with Crippen LogP contribution in [-0.2, 0) is 10.0 Å². The van der Waals surface area contributed by atoms with Gasteiger partial charge in [0.1, 0.15) is 0 Å². The fourth-order valence-electron chi connectivity index (χ4n) is 3.69. The molecule has 1 saturated heterocycles. The lowest BCUT2D eigenvalue weighted by atomic mass is 9.99. The SMILES string of the molecule is CCN(c1ccc(C(=O)N2CCCC(C)C2)cc1)S(=O)(=O)c1ccc(SC)cc1. The molecule has 0 N–H and O–H groups in total. The van der Waals surface area contributed by atoms with Gasteiger partial charge in [-0.2, -0.15) is 0 Å². The third-order valence-corrected chi connectivity index (χ3v) is 7.94. The summed E-state index contributed by atoms with van der Waals surface area (Å²) in [6.45, 7) is 5.85. The zero-order valence-electron chi connectivity index (χ0n) is 17.2. The minimum absolute atomic E-state index is 0.0154. The number of carbonyl (C=O) groups is 1. The molecular formula is C22H28N2O3S2. The van der Waals surface area contributed by atoms with Crippen LogP contribution in [0.2, 0.25) is 0 Å². The molecule has 1 amide bonds. The molecule has 1 aliphatic heterocycles. The minimum atomic E-state index is -3.66. The number of carbonyl (C=O) groups excluding carboxylic acids is 1. The number of likely N-dealkylation sites (tertiary alicyclic amines) is 1. The zero-order valence-corrected chi connectivity index (χ0v) is 18.8. The number of thioether (sulfide) groups is 1. The van der Waals surface area contributed by atoms with Gasteiger partial charge < -0.3 is 4.90 Å². The zero-order chi connectivity index (χ0) is 21.0. The number of rotatable bonds is 6. The molecule has 1 atom stereocenters. The van der Waals surface area contributed by atoms with Gasteiger partial charge in [-0.3, -0.25) is 9.10 Å². The molecule has 7 heteroatoms. The number of hydrogen-bond donors (Lipinski definition) is 0. The first kappa shape index (κ1) is 21.7. The lowest BCUT2D eigenvalue weighted by Gasteiger charge is -2.31. The van der Waals surface area contributed by atoms with Crippen molar-refractivity contribution in [2.24, 2.45) is 5.92 Å². The van der Waals surface area contributed by atoms with E-state index < -0.39 is 10.0 Å². The van der Waals surface area contributed by atoms with E-state index in [0.717, 1.165) is 30.8 Å². The Kier molecular flexibility index (Phi) is 6.90. The maximum absolute atomic E-state index is 13.1. The highest BCUT2D eigenvalue weighted by molar-refractivity contribution is 7.98. The van der Waals surface area contributed by atoms with Gasteiger partial charge in [0, 0.05) is 30.1 Å². The highest BCUT2D eigenvalue weighted by Crippen LogP contribution is 2.26. The van der Waals surface area contributed by atoms with Gasteiger partial charge >= 0.3 is 0 Å². The summed E-state index contributed by atoms with van der Waals surface area (Å²) in [6, 6.07) is 13.8. The lowest BCUT2D eigenvalue weighted by Crippen LogP contribution is -2.39. The van der Waals surface area contributed by atoms with E-state index in [1.807, 2.05) is 30.2 Å². The molecule has 1 aliphatic rings. The van der Waals surface area contributed by atoms with E-state index in [4.69, 9.17) is 0 Å². The van der Waals surface area contributed by atoms with Crippen molar-refractivity contribution < 1.29 is 13.2 Å². The van der Waals surface area contributed by atoms with E-state index in [9.17, 15) is 13.2 Å². The smallest absolute Gasteiger partial charge is 0.264 e. The summed E-state index contributed by atoms with van der Waals surface area (Å²) in [7, 11) is -3.66. The van der Waals surface area contributed by atoms with E-state index in [0.29, 0.717) is 23.7 Å². The standard InChI is InChI=1S/C22H28N2O3S2/c1-4-24(29(26,27)21-13-11-20(28-3)12-14-21)19-9-7-18(8-10-19)22(25)23-15-5-6-17(2)16-23/h7-14,17H,4-6,15-16H2,1-3H3. The van der Waals surface area contributed by atoms with Crippen LogP contribution in [-0.4, -0.2) is 45.1 Å². The predicted octanol–water partition coefficient (Wildman–Crippen LogP) is 4.50. The van der Waals surface area contributed by atoms with E-state index in [-0.39, 0.29) is 10.8 Å². The van der Waals surface area contributed by atoms with Gasteiger partial charge in [0.05, 0.1) is 10.6 Å². The molecule has 0 saturated carbocycles.